The summed E-state index contributed by atoms with van der Waals surface area (Å²) in [6.07, 6.45) is 8.00. The summed E-state index contributed by atoms with van der Waals surface area (Å²) in [5, 5.41) is 0. The molecule has 15 heavy (non-hydrogen) atoms. The highest BCUT2D eigenvalue weighted by Gasteiger charge is 2.51. The predicted molar refractivity (Wildman–Crippen MR) is 65.7 cm³/mol. The molecule has 0 aromatic carbocycles. The second-order valence-electron chi connectivity index (χ2n) is 7.42. The Morgan fingerprint density at radius 2 is 1.67 bits per heavy atom. The molecule has 3 atom stereocenters. The highest BCUT2D eigenvalue weighted by Crippen LogP contribution is 2.58. The summed E-state index contributed by atoms with van der Waals surface area (Å²) in [5.74, 6) is 0.898. The second-order valence-corrected chi connectivity index (χ2v) is 7.42. The molecule has 0 saturated heterocycles. The van der Waals surface area contributed by atoms with Crippen molar-refractivity contribution in [1.29, 1.82) is 0 Å². The number of hydrogen-bond acceptors (Lipinski definition) is 1. The van der Waals surface area contributed by atoms with Gasteiger partial charge in [0.25, 0.3) is 0 Å². The topological polar surface area (TPSA) is 26.0 Å². The van der Waals surface area contributed by atoms with Crippen LogP contribution in [0.15, 0.2) is 0 Å². The van der Waals surface area contributed by atoms with E-state index in [0.717, 1.165) is 5.92 Å². The summed E-state index contributed by atoms with van der Waals surface area (Å²) in [7, 11) is 0. The lowest BCUT2D eigenvalue weighted by molar-refractivity contribution is -0.0531. The van der Waals surface area contributed by atoms with Gasteiger partial charge in [0, 0.05) is 5.54 Å². The minimum absolute atomic E-state index is 0.0959. The van der Waals surface area contributed by atoms with Crippen molar-refractivity contribution in [3.05, 3.63) is 0 Å². The molecule has 2 N–H and O–H groups in total. The molecule has 2 fully saturated rings. The molecule has 3 unspecified atom stereocenters. The van der Waals surface area contributed by atoms with Crippen molar-refractivity contribution in [2.75, 3.05) is 0 Å². The smallest absolute Gasteiger partial charge is 0.0131 e. The van der Waals surface area contributed by atoms with E-state index in [4.69, 9.17) is 5.73 Å². The molecule has 0 aromatic heterocycles. The van der Waals surface area contributed by atoms with E-state index >= 15 is 0 Å². The van der Waals surface area contributed by atoms with Crippen molar-refractivity contribution in [1.82, 2.24) is 0 Å². The van der Waals surface area contributed by atoms with Crippen LogP contribution in [0.3, 0.4) is 0 Å². The van der Waals surface area contributed by atoms with Crippen molar-refractivity contribution in [3.8, 4) is 0 Å². The Kier molecular flexibility index (Phi) is 2.46. The molecule has 0 aromatic rings. The molecule has 2 saturated carbocycles. The molecule has 88 valence electrons. The Labute approximate surface area is 94.8 Å². The summed E-state index contributed by atoms with van der Waals surface area (Å²) in [6, 6.07) is 0. The third-order valence-electron chi connectivity index (χ3n) is 5.17. The van der Waals surface area contributed by atoms with Crippen molar-refractivity contribution < 1.29 is 0 Å². The summed E-state index contributed by atoms with van der Waals surface area (Å²) < 4.78 is 0. The highest BCUT2D eigenvalue weighted by molar-refractivity contribution is 5.03. The van der Waals surface area contributed by atoms with Gasteiger partial charge in [-0.2, -0.15) is 0 Å². The Balaban J connectivity index is 2.24. The number of hydrogen-bond donors (Lipinski definition) is 1. The zero-order valence-electron chi connectivity index (χ0n) is 10.9. The normalized spacial score (nSPS) is 49.8. The van der Waals surface area contributed by atoms with Crippen LogP contribution in [0.4, 0.5) is 0 Å². The van der Waals surface area contributed by atoms with Crippen LogP contribution in [-0.4, -0.2) is 5.54 Å². The zero-order chi connectivity index (χ0) is 11.3. The zero-order valence-corrected chi connectivity index (χ0v) is 10.9. The number of rotatable bonds is 0. The van der Waals surface area contributed by atoms with Gasteiger partial charge in [-0.05, 0) is 55.8 Å². The molecule has 2 aliphatic rings. The van der Waals surface area contributed by atoms with E-state index in [0.29, 0.717) is 10.8 Å². The van der Waals surface area contributed by atoms with Crippen molar-refractivity contribution in [2.24, 2.45) is 22.5 Å². The third kappa shape index (κ3) is 1.95. The molecule has 0 aliphatic heterocycles. The minimum Gasteiger partial charge on any atom is -0.325 e. The molecular formula is C14H27N. The SMILES string of the molecule is CC1(N)CCC2C(C)(C)CCCC2(C)C1. The Hall–Kier alpha value is -0.0400. The number of nitrogens with two attached hydrogens (primary N) is 1. The molecule has 0 spiro atoms. The molecule has 0 bridgehead atoms. The fraction of sp³-hybridized carbons (Fsp3) is 1.00. The Bertz CT molecular complexity index is 254. The van der Waals surface area contributed by atoms with Crippen LogP contribution in [0.1, 0.15) is 66.2 Å². The fourth-order valence-corrected chi connectivity index (χ4v) is 4.68. The average Bonchev–Trinajstić information content (AvgIpc) is 1.98. The fourth-order valence-electron chi connectivity index (χ4n) is 4.68. The van der Waals surface area contributed by atoms with Crippen LogP contribution in [0.5, 0.6) is 0 Å². The summed E-state index contributed by atoms with van der Waals surface area (Å²) in [4.78, 5) is 0. The van der Waals surface area contributed by atoms with Crippen LogP contribution in [0.2, 0.25) is 0 Å². The standard InChI is InChI=1S/C14H27N/c1-12(2)7-5-8-13(3)10-14(4,15)9-6-11(12)13/h11H,5-10,15H2,1-4H3. The minimum atomic E-state index is 0.0959. The first kappa shape index (κ1) is 11.4. The van der Waals surface area contributed by atoms with E-state index in [1.807, 2.05) is 0 Å². The van der Waals surface area contributed by atoms with Gasteiger partial charge in [0.1, 0.15) is 0 Å². The lowest BCUT2D eigenvalue weighted by Gasteiger charge is -2.57. The predicted octanol–water partition coefficient (Wildman–Crippen LogP) is 3.72. The van der Waals surface area contributed by atoms with Crippen LogP contribution in [0, 0.1) is 16.7 Å². The van der Waals surface area contributed by atoms with E-state index in [1.54, 1.807) is 0 Å². The van der Waals surface area contributed by atoms with E-state index in [9.17, 15) is 0 Å². The largest absolute Gasteiger partial charge is 0.325 e. The van der Waals surface area contributed by atoms with E-state index < -0.39 is 0 Å². The first-order chi connectivity index (χ1) is 6.75. The molecule has 1 nitrogen and oxygen atoms in total. The molecule has 2 rings (SSSR count). The first-order valence-corrected chi connectivity index (χ1v) is 6.54. The molecule has 0 heterocycles. The van der Waals surface area contributed by atoms with E-state index in [-0.39, 0.29) is 5.54 Å². The second kappa shape index (κ2) is 3.23. The van der Waals surface area contributed by atoms with Crippen LogP contribution in [-0.2, 0) is 0 Å². The lowest BCUT2D eigenvalue weighted by Crippen LogP contribution is -2.53. The van der Waals surface area contributed by atoms with Gasteiger partial charge in [-0.25, -0.2) is 0 Å². The van der Waals surface area contributed by atoms with Gasteiger partial charge >= 0.3 is 0 Å². The number of fused-ring (bicyclic) bond motifs is 1. The van der Waals surface area contributed by atoms with Gasteiger partial charge in [-0.1, -0.05) is 27.2 Å². The highest BCUT2D eigenvalue weighted by atomic mass is 14.8. The Morgan fingerprint density at radius 3 is 2.33 bits per heavy atom. The maximum Gasteiger partial charge on any atom is 0.0131 e. The van der Waals surface area contributed by atoms with Gasteiger partial charge in [-0.15, -0.1) is 0 Å². The average molecular weight is 209 g/mol. The third-order valence-corrected chi connectivity index (χ3v) is 5.17. The maximum absolute atomic E-state index is 6.36. The van der Waals surface area contributed by atoms with Crippen molar-refractivity contribution >= 4 is 0 Å². The Morgan fingerprint density at radius 1 is 1.00 bits per heavy atom. The van der Waals surface area contributed by atoms with E-state index in [1.165, 1.54) is 38.5 Å². The molecule has 0 radical (unpaired) electrons. The lowest BCUT2D eigenvalue weighted by atomic mass is 9.49. The van der Waals surface area contributed by atoms with Gasteiger partial charge in [0.2, 0.25) is 0 Å². The molecule has 0 amide bonds. The van der Waals surface area contributed by atoms with Gasteiger partial charge in [0.05, 0.1) is 0 Å². The first-order valence-electron chi connectivity index (χ1n) is 6.54. The van der Waals surface area contributed by atoms with E-state index in [2.05, 4.69) is 27.7 Å². The maximum atomic E-state index is 6.36. The summed E-state index contributed by atoms with van der Waals surface area (Å²) in [5.41, 5.74) is 7.52. The quantitative estimate of drug-likeness (QED) is 0.646. The van der Waals surface area contributed by atoms with Crippen molar-refractivity contribution in [2.45, 2.75) is 71.8 Å². The monoisotopic (exact) mass is 209 g/mol. The van der Waals surface area contributed by atoms with Gasteiger partial charge < -0.3 is 5.73 Å². The van der Waals surface area contributed by atoms with Gasteiger partial charge in [0.15, 0.2) is 0 Å². The summed E-state index contributed by atoms with van der Waals surface area (Å²) in [6.45, 7) is 9.67. The van der Waals surface area contributed by atoms with Crippen molar-refractivity contribution in [3.63, 3.8) is 0 Å². The van der Waals surface area contributed by atoms with Crippen LogP contribution in [0.25, 0.3) is 0 Å². The molecular weight excluding hydrogens is 182 g/mol. The molecule has 2 aliphatic carbocycles. The molecule has 1 heteroatoms. The summed E-state index contributed by atoms with van der Waals surface area (Å²) >= 11 is 0. The van der Waals surface area contributed by atoms with Crippen LogP contribution < -0.4 is 5.73 Å². The van der Waals surface area contributed by atoms with Gasteiger partial charge in [-0.3, -0.25) is 0 Å². The van der Waals surface area contributed by atoms with Crippen LogP contribution >= 0.6 is 0 Å².